The minimum atomic E-state index is 0.0164. The summed E-state index contributed by atoms with van der Waals surface area (Å²) in [6, 6.07) is 18.7. The van der Waals surface area contributed by atoms with Crippen LogP contribution in [0.5, 0.6) is 0 Å². The maximum Gasteiger partial charge on any atom is 0.252 e. The van der Waals surface area contributed by atoms with Gasteiger partial charge in [0, 0.05) is 16.3 Å². The summed E-state index contributed by atoms with van der Waals surface area (Å²) in [5.41, 5.74) is 2.91. The van der Waals surface area contributed by atoms with Crippen LogP contribution in [0.25, 0.3) is 10.9 Å². The monoisotopic (exact) mass is 418 g/mol. The summed E-state index contributed by atoms with van der Waals surface area (Å²) >= 11 is 1.61. The van der Waals surface area contributed by atoms with Crippen molar-refractivity contribution in [2.75, 3.05) is 0 Å². The Labute approximate surface area is 183 Å². The number of carbonyl (C=O) groups is 1. The van der Waals surface area contributed by atoms with Gasteiger partial charge < -0.3 is 5.32 Å². The molecule has 1 heterocycles. The van der Waals surface area contributed by atoms with Gasteiger partial charge in [-0.05, 0) is 54.5 Å². The number of benzene rings is 2. The van der Waals surface area contributed by atoms with E-state index < -0.39 is 0 Å². The van der Waals surface area contributed by atoms with Gasteiger partial charge in [0.15, 0.2) is 0 Å². The van der Waals surface area contributed by atoms with Crippen LogP contribution >= 0.6 is 11.8 Å². The summed E-state index contributed by atoms with van der Waals surface area (Å²) in [4.78, 5) is 19.3. The van der Waals surface area contributed by atoms with Crippen molar-refractivity contribution in [3.05, 3.63) is 65.7 Å². The quantitative estimate of drug-likeness (QED) is 0.514. The van der Waals surface area contributed by atoms with Crippen molar-refractivity contribution in [3.63, 3.8) is 0 Å². The summed E-state index contributed by atoms with van der Waals surface area (Å²) in [5, 5.41) is 5.11. The highest BCUT2D eigenvalue weighted by Crippen LogP contribution is 2.32. The largest absolute Gasteiger partial charge is 0.349 e. The Hall–Kier alpha value is -2.33. The van der Waals surface area contributed by atoms with Crippen LogP contribution in [0.15, 0.2) is 64.5 Å². The molecule has 0 saturated heterocycles. The molecule has 156 valence electrons. The zero-order valence-electron chi connectivity index (χ0n) is 18.0. The van der Waals surface area contributed by atoms with Crippen molar-refractivity contribution < 1.29 is 4.79 Å². The Morgan fingerprint density at radius 3 is 2.63 bits per heavy atom. The first-order chi connectivity index (χ1) is 14.5. The van der Waals surface area contributed by atoms with Crippen LogP contribution in [-0.4, -0.2) is 16.9 Å². The second kappa shape index (κ2) is 9.22. The molecular weight excluding hydrogens is 388 g/mol. The first-order valence-corrected chi connectivity index (χ1v) is 11.8. The summed E-state index contributed by atoms with van der Waals surface area (Å²) in [7, 11) is 0. The number of nitrogens with one attached hydrogen (secondary N) is 1. The predicted molar refractivity (Wildman–Crippen MR) is 125 cm³/mol. The SMILES string of the molecule is CCc1ccc(Sc2cc(C(=O)N[C@@H]3CCC[C@@H](C)[C@H]3C)c3ccccc3n2)cc1. The fourth-order valence-corrected chi connectivity index (χ4v) is 5.17. The van der Waals surface area contributed by atoms with E-state index >= 15 is 0 Å². The third-order valence-electron chi connectivity index (χ3n) is 6.51. The summed E-state index contributed by atoms with van der Waals surface area (Å²) < 4.78 is 0. The van der Waals surface area contributed by atoms with Crippen LogP contribution < -0.4 is 5.32 Å². The van der Waals surface area contributed by atoms with Gasteiger partial charge in [0.1, 0.15) is 5.03 Å². The molecule has 0 radical (unpaired) electrons. The standard InChI is InChI=1S/C26H30N2OS/c1-4-19-12-14-20(15-13-19)30-25-16-22(21-9-5-6-10-24(21)27-25)26(29)28-23-11-7-8-17(2)18(23)3/h5-6,9-10,12-18,23H,4,7-8,11H2,1-3H3,(H,28,29)/t17-,18-,23-/m1/s1. The topological polar surface area (TPSA) is 42.0 Å². The molecule has 1 aliphatic carbocycles. The van der Waals surface area contributed by atoms with Gasteiger partial charge in [0.05, 0.1) is 11.1 Å². The van der Waals surface area contributed by atoms with E-state index in [2.05, 4.69) is 50.4 Å². The lowest BCUT2D eigenvalue weighted by Gasteiger charge is -2.34. The third kappa shape index (κ3) is 4.54. The predicted octanol–water partition coefficient (Wildman–Crippen LogP) is 6.50. The Morgan fingerprint density at radius 2 is 1.87 bits per heavy atom. The van der Waals surface area contributed by atoms with Crippen LogP contribution in [0.3, 0.4) is 0 Å². The molecular formula is C26H30N2OS. The third-order valence-corrected chi connectivity index (χ3v) is 7.44. The molecule has 1 N–H and O–H groups in total. The van der Waals surface area contributed by atoms with E-state index in [0.717, 1.165) is 39.2 Å². The van der Waals surface area contributed by atoms with E-state index in [9.17, 15) is 4.79 Å². The number of hydrogen-bond acceptors (Lipinski definition) is 3. The smallest absolute Gasteiger partial charge is 0.252 e. The summed E-state index contributed by atoms with van der Waals surface area (Å²) in [5.74, 6) is 1.17. The van der Waals surface area contributed by atoms with E-state index in [1.165, 1.54) is 18.4 Å². The van der Waals surface area contributed by atoms with Crippen LogP contribution in [-0.2, 0) is 6.42 Å². The molecule has 3 atom stereocenters. The first-order valence-electron chi connectivity index (χ1n) is 11.0. The van der Waals surface area contributed by atoms with Gasteiger partial charge >= 0.3 is 0 Å². The summed E-state index contributed by atoms with van der Waals surface area (Å²) in [6.45, 7) is 6.72. The molecule has 30 heavy (non-hydrogen) atoms. The van der Waals surface area contributed by atoms with Crippen molar-refractivity contribution in [2.24, 2.45) is 11.8 Å². The van der Waals surface area contributed by atoms with Gasteiger partial charge in [-0.1, -0.05) is 75.7 Å². The van der Waals surface area contributed by atoms with Crippen LogP contribution in [0.2, 0.25) is 0 Å². The number of aromatic nitrogens is 1. The molecule has 0 unspecified atom stereocenters. The van der Waals surface area contributed by atoms with E-state index in [-0.39, 0.29) is 11.9 Å². The lowest BCUT2D eigenvalue weighted by Crippen LogP contribution is -2.43. The number of aryl methyl sites for hydroxylation is 1. The van der Waals surface area contributed by atoms with E-state index in [1.54, 1.807) is 11.8 Å². The molecule has 1 aromatic heterocycles. The molecule has 3 aromatic rings. The highest BCUT2D eigenvalue weighted by Gasteiger charge is 2.29. The zero-order chi connectivity index (χ0) is 21.1. The average molecular weight is 419 g/mol. The number of rotatable bonds is 5. The van der Waals surface area contributed by atoms with Gasteiger partial charge in [0.2, 0.25) is 0 Å². The Bertz CT molecular complexity index is 1030. The van der Waals surface area contributed by atoms with Crippen molar-refractivity contribution >= 4 is 28.6 Å². The van der Waals surface area contributed by atoms with Crippen LogP contribution in [0.1, 0.15) is 56.0 Å². The molecule has 0 aliphatic heterocycles. The Kier molecular flexibility index (Phi) is 6.43. The minimum absolute atomic E-state index is 0.0164. The normalized spacial score (nSPS) is 21.5. The number of carbonyl (C=O) groups excluding carboxylic acids is 1. The maximum atomic E-state index is 13.3. The lowest BCUT2D eigenvalue weighted by atomic mass is 9.78. The van der Waals surface area contributed by atoms with Gasteiger partial charge in [0.25, 0.3) is 5.91 Å². The highest BCUT2D eigenvalue weighted by atomic mass is 32.2. The van der Waals surface area contributed by atoms with Gasteiger partial charge in [-0.15, -0.1) is 0 Å². The van der Waals surface area contributed by atoms with Crippen LogP contribution in [0.4, 0.5) is 0 Å². The van der Waals surface area contributed by atoms with E-state index in [0.29, 0.717) is 11.8 Å². The van der Waals surface area contributed by atoms with Crippen LogP contribution in [0, 0.1) is 11.8 Å². The Balaban J connectivity index is 1.63. The molecule has 1 saturated carbocycles. The van der Waals surface area contributed by atoms with E-state index in [1.807, 2.05) is 30.3 Å². The van der Waals surface area contributed by atoms with Crippen molar-refractivity contribution in [1.82, 2.24) is 10.3 Å². The fraction of sp³-hybridized carbons (Fsp3) is 0.385. The fourth-order valence-electron chi connectivity index (χ4n) is 4.34. The number of amides is 1. The molecule has 4 heteroatoms. The molecule has 1 fully saturated rings. The number of pyridine rings is 1. The van der Waals surface area contributed by atoms with Gasteiger partial charge in [-0.2, -0.15) is 0 Å². The van der Waals surface area contributed by atoms with Gasteiger partial charge in [-0.3, -0.25) is 4.79 Å². The average Bonchev–Trinajstić information content (AvgIpc) is 2.77. The number of hydrogen-bond donors (Lipinski definition) is 1. The zero-order valence-corrected chi connectivity index (χ0v) is 18.8. The molecule has 0 bridgehead atoms. The first kappa shape index (κ1) is 20.9. The highest BCUT2D eigenvalue weighted by molar-refractivity contribution is 7.99. The Morgan fingerprint density at radius 1 is 1.10 bits per heavy atom. The minimum Gasteiger partial charge on any atom is -0.349 e. The lowest BCUT2D eigenvalue weighted by molar-refractivity contribution is 0.0892. The number of fused-ring (bicyclic) bond motifs is 1. The number of para-hydroxylation sites is 1. The summed E-state index contributed by atoms with van der Waals surface area (Å²) in [6.07, 6.45) is 4.53. The van der Waals surface area contributed by atoms with Crippen molar-refractivity contribution in [3.8, 4) is 0 Å². The second-order valence-electron chi connectivity index (χ2n) is 8.47. The van der Waals surface area contributed by atoms with Gasteiger partial charge in [-0.25, -0.2) is 4.98 Å². The number of nitrogens with zero attached hydrogens (tertiary/aromatic N) is 1. The molecule has 2 aromatic carbocycles. The van der Waals surface area contributed by atoms with Crippen molar-refractivity contribution in [2.45, 2.75) is 62.4 Å². The van der Waals surface area contributed by atoms with E-state index in [4.69, 9.17) is 4.98 Å². The second-order valence-corrected chi connectivity index (χ2v) is 9.57. The molecule has 3 nitrogen and oxygen atoms in total. The molecule has 0 spiro atoms. The molecule has 1 amide bonds. The molecule has 4 rings (SSSR count). The van der Waals surface area contributed by atoms with Crippen molar-refractivity contribution in [1.29, 1.82) is 0 Å². The molecule has 1 aliphatic rings. The maximum absolute atomic E-state index is 13.3.